The van der Waals surface area contributed by atoms with Gasteiger partial charge in [0.05, 0.1) is 0 Å². The second-order valence-corrected chi connectivity index (χ2v) is 9.81. The highest BCUT2D eigenvalue weighted by molar-refractivity contribution is 14.0. The van der Waals surface area contributed by atoms with E-state index in [4.69, 9.17) is 0 Å². The van der Waals surface area contributed by atoms with Crippen molar-refractivity contribution >= 4 is 35.8 Å². The number of likely N-dealkylation sites (tertiary alicyclic amines) is 2. The molecule has 1 amide bonds. The molecule has 6 nitrogen and oxygen atoms in total. The SMILES string of the molecule is CN=C(NCCCCN1CC(C)CC(C)C1)NC1CCN(C(=O)C2CCCC2)C1.I. The molecule has 3 rings (SSSR count). The molecule has 174 valence electrons. The first kappa shape index (κ1) is 25.7. The van der Waals surface area contributed by atoms with Crippen molar-refractivity contribution in [2.45, 2.75) is 71.3 Å². The first-order valence-corrected chi connectivity index (χ1v) is 12.0. The molecule has 2 aliphatic heterocycles. The summed E-state index contributed by atoms with van der Waals surface area (Å²) in [5.41, 5.74) is 0. The van der Waals surface area contributed by atoms with Gasteiger partial charge in [0.15, 0.2) is 5.96 Å². The topological polar surface area (TPSA) is 60.0 Å². The minimum Gasteiger partial charge on any atom is -0.356 e. The fourth-order valence-electron chi connectivity index (χ4n) is 5.54. The number of guanidine groups is 1. The number of halogens is 1. The van der Waals surface area contributed by atoms with Crippen molar-refractivity contribution in [3.05, 3.63) is 0 Å². The van der Waals surface area contributed by atoms with Crippen LogP contribution in [0.2, 0.25) is 0 Å². The largest absolute Gasteiger partial charge is 0.356 e. The Balaban J connectivity index is 0.00000320. The van der Waals surface area contributed by atoms with Crippen molar-refractivity contribution in [2.75, 3.05) is 46.3 Å². The van der Waals surface area contributed by atoms with Crippen molar-refractivity contribution in [3.63, 3.8) is 0 Å². The summed E-state index contributed by atoms with van der Waals surface area (Å²) < 4.78 is 0. The van der Waals surface area contributed by atoms with Crippen LogP contribution in [0, 0.1) is 17.8 Å². The maximum Gasteiger partial charge on any atom is 0.225 e. The number of nitrogens with one attached hydrogen (secondary N) is 2. The average Bonchev–Trinajstić information content (AvgIpc) is 3.38. The molecule has 0 bridgehead atoms. The van der Waals surface area contributed by atoms with Crippen molar-refractivity contribution in [3.8, 4) is 0 Å². The molecule has 2 saturated heterocycles. The number of carbonyl (C=O) groups is 1. The third-order valence-electron chi connectivity index (χ3n) is 6.91. The Morgan fingerprint density at radius 3 is 2.40 bits per heavy atom. The molecule has 0 spiro atoms. The number of nitrogens with zero attached hydrogens (tertiary/aromatic N) is 3. The fraction of sp³-hybridized carbons (Fsp3) is 0.913. The summed E-state index contributed by atoms with van der Waals surface area (Å²) >= 11 is 0. The number of carbonyl (C=O) groups excluding carboxylic acids is 1. The van der Waals surface area contributed by atoms with Gasteiger partial charge < -0.3 is 20.4 Å². The van der Waals surface area contributed by atoms with Crippen molar-refractivity contribution in [1.82, 2.24) is 20.4 Å². The number of rotatable bonds is 7. The smallest absolute Gasteiger partial charge is 0.225 e. The van der Waals surface area contributed by atoms with Gasteiger partial charge in [-0.15, -0.1) is 24.0 Å². The third kappa shape index (κ3) is 7.84. The van der Waals surface area contributed by atoms with Crippen LogP contribution in [0.25, 0.3) is 0 Å². The zero-order chi connectivity index (χ0) is 20.6. The molecule has 30 heavy (non-hydrogen) atoms. The van der Waals surface area contributed by atoms with Gasteiger partial charge in [-0.2, -0.15) is 0 Å². The van der Waals surface area contributed by atoms with Gasteiger partial charge in [-0.25, -0.2) is 0 Å². The highest BCUT2D eigenvalue weighted by Gasteiger charge is 2.32. The standard InChI is InChI=1S/C23H43N5O.HI/c1-18-14-19(2)16-27(15-18)12-7-6-11-25-23(24-3)26-21-10-13-28(17-21)22(29)20-8-4-5-9-20;/h18-21H,4-17H2,1-3H3,(H2,24,25,26);1H. The van der Waals surface area contributed by atoms with Crippen LogP contribution < -0.4 is 10.6 Å². The Morgan fingerprint density at radius 2 is 1.73 bits per heavy atom. The highest BCUT2D eigenvalue weighted by Crippen LogP contribution is 2.27. The number of aliphatic imine (C=N–C) groups is 1. The van der Waals surface area contributed by atoms with Crippen LogP contribution in [0.4, 0.5) is 0 Å². The molecule has 3 aliphatic rings. The summed E-state index contributed by atoms with van der Waals surface area (Å²) in [5, 5.41) is 7.00. The molecule has 1 saturated carbocycles. The van der Waals surface area contributed by atoms with E-state index < -0.39 is 0 Å². The van der Waals surface area contributed by atoms with Gasteiger partial charge in [-0.1, -0.05) is 26.7 Å². The fourth-order valence-corrected chi connectivity index (χ4v) is 5.54. The van der Waals surface area contributed by atoms with E-state index in [1.54, 1.807) is 0 Å². The number of hydrogen-bond acceptors (Lipinski definition) is 3. The lowest BCUT2D eigenvalue weighted by Gasteiger charge is -2.34. The van der Waals surface area contributed by atoms with Gasteiger partial charge in [-0.3, -0.25) is 9.79 Å². The summed E-state index contributed by atoms with van der Waals surface area (Å²) in [6, 6.07) is 0.322. The zero-order valence-electron chi connectivity index (χ0n) is 19.4. The molecule has 0 aromatic heterocycles. The van der Waals surface area contributed by atoms with Crippen LogP contribution in [-0.2, 0) is 4.79 Å². The van der Waals surface area contributed by atoms with E-state index in [0.29, 0.717) is 11.9 Å². The second kappa shape index (κ2) is 13.1. The van der Waals surface area contributed by atoms with Crippen molar-refractivity contribution < 1.29 is 4.79 Å². The van der Waals surface area contributed by atoms with E-state index in [9.17, 15) is 4.79 Å². The van der Waals surface area contributed by atoms with E-state index >= 15 is 0 Å². The van der Waals surface area contributed by atoms with Crippen LogP contribution in [0.1, 0.15) is 65.2 Å². The van der Waals surface area contributed by atoms with E-state index in [1.165, 1.54) is 45.3 Å². The number of piperidine rings is 1. The Bertz CT molecular complexity index is 542. The minimum absolute atomic E-state index is 0. The summed E-state index contributed by atoms with van der Waals surface area (Å²) in [6.45, 7) is 11.2. The van der Waals surface area contributed by atoms with Gasteiger partial charge in [0.2, 0.25) is 5.91 Å². The lowest BCUT2D eigenvalue weighted by molar-refractivity contribution is -0.134. The molecular weight excluding hydrogens is 489 g/mol. The molecule has 2 N–H and O–H groups in total. The molecule has 2 heterocycles. The van der Waals surface area contributed by atoms with Gasteiger partial charge >= 0.3 is 0 Å². The molecular formula is C23H44IN5O. The summed E-state index contributed by atoms with van der Waals surface area (Å²) in [6.07, 6.45) is 9.41. The lowest BCUT2D eigenvalue weighted by atomic mass is 9.92. The van der Waals surface area contributed by atoms with Gasteiger partial charge in [0.25, 0.3) is 0 Å². The third-order valence-corrected chi connectivity index (χ3v) is 6.91. The second-order valence-electron chi connectivity index (χ2n) is 9.81. The van der Waals surface area contributed by atoms with E-state index in [-0.39, 0.29) is 29.9 Å². The zero-order valence-corrected chi connectivity index (χ0v) is 21.7. The first-order chi connectivity index (χ1) is 14.0. The Labute approximate surface area is 201 Å². The predicted molar refractivity (Wildman–Crippen MR) is 135 cm³/mol. The number of unbranched alkanes of at least 4 members (excludes halogenated alkanes) is 1. The van der Waals surface area contributed by atoms with Crippen LogP contribution in [0.3, 0.4) is 0 Å². The number of hydrogen-bond donors (Lipinski definition) is 2. The molecule has 3 fully saturated rings. The minimum atomic E-state index is 0. The average molecular weight is 534 g/mol. The Morgan fingerprint density at radius 1 is 1.03 bits per heavy atom. The van der Waals surface area contributed by atoms with Gasteiger partial charge in [0, 0.05) is 51.7 Å². The molecule has 7 heteroatoms. The summed E-state index contributed by atoms with van der Waals surface area (Å²) in [5.74, 6) is 3.23. The maximum absolute atomic E-state index is 12.6. The highest BCUT2D eigenvalue weighted by atomic mass is 127. The molecule has 3 unspecified atom stereocenters. The molecule has 0 aromatic rings. The maximum atomic E-state index is 12.6. The normalized spacial score (nSPS) is 28.4. The Hall–Kier alpha value is -0.570. The molecule has 3 atom stereocenters. The first-order valence-electron chi connectivity index (χ1n) is 12.0. The van der Waals surface area contributed by atoms with Crippen LogP contribution in [0.5, 0.6) is 0 Å². The number of amides is 1. The van der Waals surface area contributed by atoms with E-state index in [2.05, 4.69) is 39.3 Å². The van der Waals surface area contributed by atoms with Crippen LogP contribution >= 0.6 is 24.0 Å². The summed E-state index contributed by atoms with van der Waals surface area (Å²) in [7, 11) is 1.84. The van der Waals surface area contributed by atoms with Crippen molar-refractivity contribution in [1.29, 1.82) is 0 Å². The monoisotopic (exact) mass is 533 g/mol. The molecule has 0 aromatic carbocycles. The predicted octanol–water partition coefficient (Wildman–Crippen LogP) is 3.32. The molecule has 0 radical (unpaired) electrons. The van der Waals surface area contributed by atoms with Crippen molar-refractivity contribution in [2.24, 2.45) is 22.7 Å². The quantitative estimate of drug-likeness (QED) is 0.228. The Kier molecular flexibility index (Phi) is 11.2. The van der Waals surface area contributed by atoms with Crippen LogP contribution in [-0.4, -0.2) is 74.0 Å². The molecule has 1 aliphatic carbocycles. The van der Waals surface area contributed by atoms with E-state index in [0.717, 1.165) is 63.1 Å². The summed E-state index contributed by atoms with van der Waals surface area (Å²) in [4.78, 5) is 21.7. The van der Waals surface area contributed by atoms with Gasteiger partial charge in [-0.05, 0) is 56.9 Å². The lowest BCUT2D eigenvalue weighted by Crippen LogP contribution is -2.45. The van der Waals surface area contributed by atoms with Gasteiger partial charge in [0.1, 0.15) is 0 Å². The van der Waals surface area contributed by atoms with E-state index in [1.807, 2.05) is 7.05 Å². The van der Waals surface area contributed by atoms with Crippen LogP contribution in [0.15, 0.2) is 4.99 Å².